The van der Waals surface area contributed by atoms with Gasteiger partial charge in [-0.05, 0) is 38.5 Å². The fourth-order valence-electron chi connectivity index (χ4n) is 1.92. The SMILES string of the molecule is CCNC(=O)NCCC1CCC(O)C1. The molecular weight excluding hydrogens is 180 g/mol. The Bertz CT molecular complexity index is 185. The summed E-state index contributed by atoms with van der Waals surface area (Å²) in [5.41, 5.74) is 0. The quantitative estimate of drug-likeness (QED) is 0.630. The van der Waals surface area contributed by atoms with Gasteiger partial charge < -0.3 is 15.7 Å². The second-order valence-electron chi connectivity index (χ2n) is 3.91. The van der Waals surface area contributed by atoms with Gasteiger partial charge in [-0.25, -0.2) is 4.79 Å². The molecule has 0 spiro atoms. The van der Waals surface area contributed by atoms with Gasteiger partial charge in [0.1, 0.15) is 0 Å². The van der Waals surface area contributed by atoms with Crippen LogP contribution in [0.3, 0.4) is 0 Å². The molecule has 0 aromatic carbocycles. The van der Waals surface area contributed by atoms with Crippen LogP contribution in [0, 0.1) is 5.92 Å². The van der Waals surface area contributed by atoms with Crippen LogP contribution in [0.1, 0.15) is 32.6 Å². The van der Waals surface area contributed by atoms with Crippen molar-refractivity contribution in [3.63, 3.8) is 0 Å². The van der Waals surface area contributed by atoms with E-state index in [0.29, 0.717) is 19.0 Å². The Morgan fingerprint density at radius 1 is 1.43 bits per heavy atom. The highest BCUT2D eigenvalue weighted by Crippen LogP contribution is 2.27. The number of carbonyl (C=O) groups is 1. The number of carbonyl (C=O) groups excluding carboxylic acids is 1. The summed E-state index contributed by atoms with van der Waals surface area (Å²) >= 11 is 0. The fraction of sp³-hybridized carbons (Fsp3) is 0.900. The van der Waals surface area contributed by atoms with E-state index in [1.807, 2.05) is 6.92 Å². The zero-order valence-electron chi connectivity index (χ0n) is 8.75. The van der Waals surface area contributed by atoms with E-state index in [4.69, 9.17) is 0 Å². The number of urea groups is 1. The third kappa shape index (κ3) is 3.96. The number of aliphatic hydroxyl groups is 1. The highest BCUT2D eigenvalue weighted by atomic mass is 16.3. The van der Waals surface area contributed by atoms with E-state index in [-0.39, 0.29) is 12.1 Å². The molecule has 0 aromatic rings. The van der Waals surface area contributed by atoms with E-state index in [0.717, 1.165) is 25.7 Å². The van der Waals surface area contributed by atoms with Crippen LogP contribution < -0.4 is 10.6 Å². The molecule has 1 aliphatic rings. The summed E-state index contributed by atoms with van der Waals surface area (Å²) < 4.78 is 0. The number of rotatable bonds is 4. The zero-order valence-corrected chi connectivity index (χ0v) is 8.75. The summed E-state index contributed by atoms with van der Waals surface area (Å²) in [6, 6.07) is -0.0916. The number of aliphatic hydroxyl groups excluding tert-OH is 1. The Hall–Kier alpha value is -0.770. The van der Waals surface area contributed by atoms with Gasteiger partial charge >= 0.3 is 6.03 Å². The smallest absolute Gasteiger partial charge is 0.314 e. The maximum atomic E-state index is 11.0. The lowest BCUT2D eigenvalue weighted by molar-refractivity contribution is 0.177. The minimum Gasteiger partial charge on any atom is -0.393 e. The molecule has 0 radical (unpaired) electrons. The van der Waals surface area contributed by atoms with Crippen molar-refractivity contribution in [1.82, 2.24) is 10.6 Å². The average Bonchev–Trinajstić information content (AvgIpc) is 2.52. The molecule has 4 heteroatoms. The summed E-state index contributed by atoms with van der Waals surface area (Å²) in [6.07, 6.45) is 3.79. The molecule has 3 N–H and O–H groups in total. The molecule has 1 rings (SSSR count). The number of hydrogen-bond acceptors (Lipinski definition) is 2. The van der Waals surface area contributed by atoms with Crippen LogP contribution in [0.15, 0.2) is 0 Å². The summed E-state index contributed by atoms with van der Waals surface area (Å²) in [7, 11) is 0. The minimum absolute atomic E-state index is 0.0916. The molecule has 2 atom stereocenters. The third-order valence-electron chi connectivity index (χ3n) is 2.69. The first-order chi connectivity index (χ1) is 6.72. The van der Waals surface area contributed by atoms with Gasteiger partial charge in [0.15, 0.2) is 0 Å². The van der Waals surface area contributed by atoms with Gasteiger partial charge in [-0.15, -0.1) is 0 Å². The van der Waals surface area contributed by atoms with E-state index in [1.165, 1.54) is 0 Å². The Morgan fingerprint density at radius 2 is 2.21 bits per heavy atom. The first-order valence-electron chi connectivity index (χ1n) is 5.42. The van der Waals surface area contributed by atoms with Crippen molar-refractivity contribution in [2.75, 3.05) is 13.1 Å². The largest absolute Gasteiger partial charge is 0.393 e. The van der Waals surface area contributed by atoms with Gasteiger partial charge in [0.2, 0.25) is 0 Å². The van der Waals surface area contributed by atoms with Crippen LogP contribution in [0.2, 0.25) is 0 Å². The Balaban J connectivity index is 2.01. The molecule has 0 aromatic heterocycles. The lowest BCUT2D eigenvalue weighted by atomic mass is 10.0. The minimum atomic E-state index is -0.107. The molecule has 1 fully saturated rings. The Kier molecular flexibility index (Phi) is 4.73. The number of amides is 2. The van der Waals surface area contributed by atoms with Crippen molar-refractivity contribution >= 4 is 6.03 Å². The van der Waals surface area contributed by atoms with E-state index < -0.39 is 0 Å². The van der Waals surface area contributed by atoms with Gasteiger partial charge in [-0.3, -0.25) is 0 Å². The molecule has 1 saturated carbocycles. The Morgan fingerprint density at radius 3 is 2.79 bits per heavy atom. The van der Waals surface area contributed by atoms with Gasteiger partial charge in [-0.2, -0.15) is 0 Å². The van der Waals surface area contributed by atoms with E-state index in [9.17, 15) is 9.90 Å². The van der Waals surface area contributed by atoms with Crippen molar-refractivity contribution in [3.05, 3.63) is 0 Å². The topological polar surface area (TPSA) is 61.4 Å². The fourth-order valence-corrected chi connectivity index (χ4v) is 1.92. The maximum absolute atomic E-state index is 11.0. The van der Waals surface area contributed by atoms with Gasteiger partial charge in [0.25, 0.3) is 0 Å². The summed E-state index contributed by atoms with van der Waals surface area (Å²) in [4.78, 5) is 11.0. The molecule has 4 nitrogen and oxygen atoms in total. The van der Waals surface area contributed by atoms with Crippen molar-refractivity contribution in [2.24, 2.45) is 5.92 Å². The van der Waals surface area contributed by atoms with Crippen molar-refractivity contribution in [1.29, 1.82) is 0 Å². The molecule has 14 heavy (non-hydrogen) atoms. The Labute approximate surface area is 85.1 Å². The maximum Gasteiger partial charge on any atom is 0.314 e. The first kappa shape index (κ1) is 11.3. The van der Waals surface area contributed by atoms with Crippen molar-refractivity contribution in [2.45, 2.75) is 38.7 Å². The first-order valence-corrected chi connectivity index (χ1v) is 5.42. The molecule has 0 bridgehead atoms. The molecular formula is C10H20N2O2. The molecule has 2 amide bonds. The molecule has 82 valence electrons. The van der Waals surface area contributed by atoms with E-state index in [1.54, 1.807) is 0 Å². The van der Waals surface area contributed by atoms with Crippen LogP contribution in [-0.2, 0) is 0 Å². The average molecular weight is 200 g/mol. The normalized spacial score (nSPS) is 26.1. The molecule has 2 unspecified atom stereocenters. The highest BCUT2D eigenvalue weighted by Gasteiger charge is 2.22. The lowest BCUT2D eigenvalue weighted by Gasteiger charge is -2.10. The zero-order chi connectivity index (χ0) is 10.4. The van der Waals surface area contributed by atoms with Crippen molar-refractivity contribution in [3.8, 4) is 0 Å². The monoisotopic (exact) mass is 200 g/mol. The highest BCUT2D eigenvalue weighted by molar-refractivity contribution is 5.73. The third-order valence-corrected chi connectivity index (χ3v) is 2.69. The second-order valence-corrected chi connectivity index (χ2v) is 3.91. The van der Waals surface area contributed by atoms with Crippen LogP contribution >= 0.6 is 0 Å². The second kappa shape index (κ2) is 5.86. The van der Waals surface area contributed by atoms with Crippen LogP contribution in [-0.4, -0.2) is 30.3 Å². The summed E-state index contributed by atoms with van der Waals surface area (Å²) in [5.74, 6) is 0.590. The predicted molar refractivity (Wildman–Crippen MR) is 55.0 cm³/mol. The molecule has 0 saturated heterocycles. The predicted octanol–water partition coefficient (Wildman–Crippen LogP) is 0.857. The summed E-state index contributed by atoms with van der Waals surface area (Å²) in [6.45, 7) is 3.27. The van der Waals surface area contributed by atoms with Crippen LogP contribution in [0.25, 0.3) is 0 Å². The van der Waals surface area contributed by atoms with Gasteiger partial charge in [-0.1, -0.05) is 0 Å². The van der Waals surface area contributed by atoms with E-state index >= 15 is 0 Å². The lowest BCUT2D eigenvalue weighted by Crippen LogP contribution is -2.36. The number of hydrogen-bond donors (Lipinski definition) is 3. The van der Waals surface area contributed by atoms with Crippen molar-refractivity contribution < 1.29 is 9.90 Å². The molecule has 0 aliphatic heterocycles. The summed E-state index contributed by atoms with van der Waals surface area (Å²) in [5, 5.41) is 14.8. The molecule has 1 aliphatic carbocycles. The van der Waals surface area contributed by atoms with Gasteiger partial charge in [0.05, 0.1) is 6.10 Å². The van der Waals surface area contributed by atoms with Crippen LogP contribution in [0.5, 0.6) is 0 Å². The molecule has 0 heterocycles. The van der Waals surface area contributed by atoms with Gasteiger partial charge in [0, 0.05) is 13.1 Å². The number of nitrogens with one attached hydrogen (secondary N) is 2. The standard InChI is InChI=1S/C10H20N2O2/c1-2-11-10(14)12-6-5-8-3-4-9(13)7-8/h8-9,13H,2-7H2,1H3,(H2,11,12,14). The van der Waals surface area contributed by atoms with Crippen LogP contribution in [0.4, 0.5) is 4.79 Å². The van der Waals surface area contributed by atoms with E-state index in [2.05, 4.69) is 10.6 Å².